The number of nitro groups is 1. The van der Waals surface area contributed by atoms with Crippen LogP contribution in [0.3, 0.4) is 0 Å². The quantitative estimate of drug-likeness (QED) is 0.376. The molecule has 0 fully saturated rings. The van der Waals surface area contributed by atoms with Gasteiger partial charge in [0.25, 0.3) is 11.6 Å². The average molecular weight is 330 g/mol. The van der Waals surface area contributed by atoms with Crippen molar-refractivity contribution in [1.29, 1.82) is 0 Å². The van der Waals surface area contributed by atoms with Gasteiger partial charge in [0.2, 0.25) is 0 Å². The minimum Gasteiger partial charge on any atom is -0.506 e. The number of esters is 1. The second-order valence-corrected chi connectivity index (χ2v) is 4.87. The number of aromatic hydroxyl groups is 1. The van der Waals surface area contributed by atoms with Crippen molar-refractivity contribution in [3.63, 3.8) is 0 Å². The number of phenolic OH excluding ortho intramolecular Hbond substituents is 1. The summed E-state index contributed by atoms with van der Waals surface area (Å²) in [5, 5.41) is 23.0. The Morgan fingerprint density at radius 1 is 1.25 bits per heavy atom. The van der Waals surface area contributed by atoms with E-state index in [1.807, 2.05) is 0 Å². The summed E-state index contributed by atoms with van der Waals surface area (Å²) in [5.41, 5.74) is 0.482. The number of benzene rings is 2. The van der Waals surface area contributed by atoms with Gasteiger partial charge in [-0.2, -0.15) is 0 Å². The van der Waals surface area contributed by atoms with Gasteiger partial charge in [-0.3, -0.25) is 19.7 Å². The van der Waals surface area contributed by atoms with E-state index >= 15 is 0 Å². The molecule has 0 aliphatic rings. The van der Waals surface area contributed by atoms with E-state index in [1.165, 1.54) is 43.5 Å². The number of non-ortho nitro benzene ring substituents is 1. The molecule has 1 amide bonds. The van der Waals surface area contributed by atoms with Gasteiger partial charge in [0, 0.05) is 17.7 Å². The molecule has 0 aliphatic carbocycles. The van der Waals surface area contributed by atoms with Crippen LogP contribution in [0.2, 0.25) is 0 Å². The number of rotatable bonds is 5. The van der Waals surface area contributed by atoms with E-state index in [0.29, 0.717) is 5.56 Å². The minimum atomic E-state index is -0.621. The summed E-state index contributed by atoms with van der Waals surface area (Å²) in [6.07, 6.45) is -0.0174. The first-order chi connectivity index (χ1) is 11.4. The zero-order valence-electron chi connectivity index (χ0n) is 12.7. The predicted molar refractivity (Wildman–Crippen MR) is 84.9 cm³/mol. The molecule has 8 nitrogen and oxygen atoms in total. The Labute approximate surface area is 136 Å². The molecule has 0 radical (unpaired) electrons. The van der Waals surface area contributed by atoms with Gasteiger partial charge in [-0.1, -0.05) is 12.1 Å². The molecule has 8 heteroatoms. The summed E-state index contributed by atoms with van der Waals surface area (Å²) >= 11 is 0. The summed E-state index contributed by atoms with van der Waals surface area (Å²) in [6, 6.07) is 9.49. The normalized spacial score (nSPS) is 10.0. The van der Waals surface area contributed by atoms with Crippen LogP contribution in [0.25, 0.3) is 0 Å². The molecular weight excluding hydrogens is 316 g/mol. The molecule has 0 unspecified atom stereocenters. The summed E-state index contributed by atoms with van der Waals surface area (Å²) in [5.74, 6) is -1.27. The van der Waals surface area contributed by atoms with Gasteiger partial charge >= 0.3 is 5.97 Å². The lowest BCUT2D eigenvalue weighted by Crippen LogP contribution is -2.13. The van der Waals surface area contributed by atoms with Crippen LogP contribution in [-0.4, -0.2) is 29.0 Å². The van der Waals surface area contributed by atoms with Crippen molar-refractivity contribution in [2.75, 3.05) is 12.4 Å². The van der Waals surface area contributed by atoms with Crippen LogP contribution in [0.1, 0.15) is 15.9 Å². The summed E-state index contributed by atoms with van der Waals surface area (Å²) in [7, 11) is 1.26. The molecule has 124 valence electrons. The number of nitro benzene ring substituents is 1. The maximum absolute atomic E-state index is 12.2. The van der Waals surface area contributed by atoms with E-state index in [9.17, 15) is 24.8 Å². The number of ether oxygens (including phenoxy) is 1. The molecule has 0 bridgehead atoms. The first-order valence-electron chi connectivity index (χ1n) is 6.85. The fourth-order valence-electron chi connectivity index (χ4n) is 1.99. The van der Waals surface area contributed by atoms with Gasteiger partial charge in [-0.05, 0) is 23.8 Å². The van der Waals surface area contributed by atoms with Crippen molar-refractivity contribution in [3.05, 3.63) is 63.7 Å². The van der Waals surface area contributed by atoms with E-state index in [-0.39, 0.29) is 29.1 Å². The number of amides is 1. The standard InChI is InChI=1S/C16H14N2O6/c1-24-15(20)8-10-5-6-14(19)13(7-10)17-16(21)11-3-2-4-12(9-11)18(22)23/h2-7,9,19H,8H2,1H3,(H,17,21). The summed E-state index contributed by atoms with van der Waals surface area (Å²) in [4.78, 5) is 33.6. The number of nitrogens with one attached hydrogen (secondary N) is 1. The van der Waals surface area contributed by atoms with Crippen LogP contribution in [-0.2, 0) is 16.0 Å². The fraction of sp³-hybridized carbons (Fsp3) is 0.125. The number of carbonyl (C=O) groups is 2. The van der Waals surface area contributed by atoms with E-state index < -0.39 is 16.8 Å². The summed E-state index contributed by atoms with van der Waals surface area (Å²) in [6.45, 7) is 0. The molecule has 0 aromatic heterocycles. The Bertz CT molecular complexity index is 803. The van der Waals surface area contributed by atoms with Crippen LogP contribution >= 0.6 is 0 Å². The number of methoxy groups -OCH3 is 1. The van der Waals surface area contributed by atoms with Gasteiger partial charge in [0.1, 0.15) is 5.75 Å². The molecule has 2 rings (SSSR count). The Kier molecular flexibility index (Phi) is 5.10. The molecule has 24 heavy (non-hydrogen) atoms. The Balaban J connectivity index is 2.22. The van der Waals surface area contributed by atoms with Crippen molar-refractivity contribution in [1.82, 2.24) is 0 Å². The van der Waals surface area contributed by atoms with Crippen molar-refractivity contribution in [2.24, 2.45) is 0 Å². The zero-order chi connectivity index (χ0) is 17.7. The smallest absolute Gasteiger partial charge is 0.309 e. The van der Waals surface area contributed by atoms with Crippen molar-refractivity contribution in [3.8, 4) is 5.75 Å². The van der Waals surface area contributed by atoms with Crippen LogP contribution in [0.5, 0.6) is 5.75 Å². The third-order valence-corrected chi connectivity index (χ3v) is 3.20. The average Bonchev–Trinajstić information content (AvgIpc) is 2.57. The number of hydrogen-bond donors (Lipinski definition) is 2. The lowest BCUT2D eigenvalue weighted by atomic mass is 10.1. The van der Waals surface area contributed by atoms with E-state index in [0.717, 1.165) is 6.07 Å². The molecule has 0 heterocycles. The third kappa shape index (κ3) is 4.07. The fourth-order valence-corrected chi connectivity index (χ4v) is 1.99. The Morgan fingerprint density at radius 3 is 2.67 bits per heavy atom. The molecule has 2 N–H and O–H groups in total. The first-order valence-corrected chi connectivity index (χ1v) is 6.85. The lowest BCUT2D eigenvalue weighted by molar-refractivity contribution is -0.384. The summed E-state index contributed by atoms with van der Waals surface area (Å²) < 4.78 is 4.56. The van der Waals surface area contributed by atoms with E-state index in [4.69, 9.17) is 0 Å². The predicted octanol–water partition coefficient (Wildman–Crippen LogP) is 2.27. The first kappa shape index (κ1) is 16.9. The number of anilines is 1. The highest BCUT2D eigenvalue weighted by Gasteiger charge is 2.14. The lowest BCUT2D eigenvalue weighted by Gasteiger charge is -2.09. The van der Waals surface area contributed by atoms with Crippen molar-refractivity contribution in [2.45, 2.75) is 6.42 Å². The van der Waals surface area contributed by atoms with Gasteiger partial charge in [-0.15, -0.1) is 0 Å². The van der Waals surface area contributed by atoms with Gasteiger partial charge < -0.3 is 15.2 Å². The highest BCUT2D eigenvalue weighted by Crippen LogP contribution is 2.25. The van der Waals surface area contributed by atoms with Gasteiger partial charge in [0.05, 0.1) is 24.1 Å². The second-order valence-electron chi connectivity index (χ2n) is 4.87. The molecule has 0 saturated heterocycles. The minimum absolute atomic E-state index is 0.0174. The number of carbonyl (C=O) groups excluding carboxylic acids is 2. The highest BCUT2D eigenvalue weighted by molar-refractivity contribution is 6.05. The van der Waals surface area contributed by atoms with Crippen LogP contribution in [0.4, 0.5) is 11.4 Å². The second kappa shape index (κ2) is 7.23. The number of nitrogens with zero attached hydrogens (tertiary/aromatic N) is 1. The molecule has 0 aliphatic heterocycles. The maximum atomic E-state index is 12.2. The van der Waals surface area contributed by atoms with Crippen LogP contribution in [0, 0.1) is 10.1 Å². The SMILES string of the molecule is COC(=O)Cc1ccc(O)c(NC(=O)c2cccc([N+](=O)[O-])c2)c1. The molecule has 0 spiro atoms. The Hall–Kier alpha value is -3.42. The molecule has 0 atom stereocenters. The van der Waals surface area contributed by atoms with E-state index in [2.05, 4.69) is 10.1 Å². The number of hydrogen-bond acceptors (Lipinski definition) is 6. The van der Waals surface area contributed by atoms with Crippen molar-refractivity contribution < 1.29 is 24.4 Å². The molecule has 0 saturated carbocycles. The molecular formula is C16H14N2O6. The van der Waals surface area contributed by atoms with Crippen LogP contribution < -0.4 is 5.32 Å². The third-order valence-electron chi connectivity index (χ3n) is 3.20. The molecule has 2 aromatic rings. The van der Waals surface area contributed by atoms with Crippen molar-refractivity contribution >= 4 is 23.3 Å². The molecule has 2 aromatic carbocycles. The van der Waals surface area contributed by atoms with Crippen LogP contribution in [0.15, 0.2) is 42.5 Å². The van der Waals surface area contributed by atoms with Gasteiger partial charge in [-0.25, -0.2) is 0 Å². The topological polar surface area (TPSA) is 119 Å². The monoisotopic (exact) mass is 330 g/mol. The maximum Gasteiger partial charge on any atom is 0.309 e. The Morgan fingerprint density at radius 2 is 2.00 bits per heavy atom. The largest absolute Gasteiger partial charge is 0.506 e. The zero-order valence-corrected chi connectivity index (χ0v) is 12.7. The van der Waals surface area contributed by atoms with E-state index in [1.54, 1.807) is 0 Å². The van der Waals surface area contributed by atoms with Gasteiger partial charge in [0.15, 0.2) is 0 Å². The highest BCUT2D eigenvalue weighted by atomic mass is 16.6. The number of phenols is 1.